The lowest BCUT2D eigenvalue weighted by molar-refractivity contribution is -0.148. The van der Waals surface area contributed by atoms with Crippen molar-refractivity contribution < 1.29 is 9.53 Å². The Morgan fingerprint density at radius 2 is 1.91 bits per heavy atom. The van der Waals surface area contributed by atoms with Crippen molar-refractivity contribution in [3.05, 3.63) is 70.9 Å². The summed E-state index contributed by atoms with van der Waals surface area (Å²) < 4.78 is 5.49. The van der Waals surface area contributed by atoms with E-state index in [-0.39, 0.29) is 12.1 Å². The van der Waals surface area contributed by atoms with Crippen molar-refractivity contribution in [3.8, 4) is 0 Å². The zero-order valence-electron chi connectivity index (χ0n) is 12.9. The summed E-state index contributed by atoms with van der Waals surface area (Å²) in [6.07, 6.45) is 2.60. The van der Waals surface area contributed by atoms with Crippen LogP contribution in [-0.4, -0.2) is 11.0 Å². The molecule has 0 saturated heterocycles. The molecule has 0 aliphatic carbocycles. The van der Waals surface area contributed by atoms with Crippen LogP contribution in [0.2, 0.25) is 5.02 Å². The van der Waals surface area contributed by atoms with Gasteiger partial charge in [-0.05, 0) is 31.0 Å². The van der Waals surface area contributed by atoms with Gasteiger partial charge < -0.3 is 9.72 Å². The van der Waals surface area contributed by atoms with E-state index in [1.807, 2.05) is 49.5 Å². The van der Waals surface area contributed by atoms with Gasteiger partial charge in [0.05, 0.1) is 0 Å². The van der Waals surface area contributed by atoms with E-state index in [9.17, 15) is 4.79 Å². The van der Waals surface area contributed by atoms with Gasteiger partial charge in [0.2, 0.25) is 0 Å². The lowest BCUT2D eigenvalue weighted by Crippen LogP contribution is -2.10. The molecule has 3 nitrogen and oxygen atoms in total. The fourth-order valence-electron chi connectivity index (χ4n) is 2.70. The van der Waals surface area contributed by atoms with Crippen molar-refractivity contribution in [3.63, 3.8) is 0 Å². The summed E-state index contributed by atoms with van der Waals surface area (Å²) in [4.78, 5) is 15.3. The van der Waals surface area contributed by atoms with Gasteiger partial charge in [-0.1, -0.05) is 48.0 Å². The SMILES string of the molecule is C[C@@H](OC(=O)CCc1c[nH]c2ccccc12)c1ccccc1Cl. The molecule has 1 heterocycles. The van der Waals surface area contributed by atoms with Crippen LogP contribution >= 0.6 is 11.6 Å². The first-order valence-corrected chi connectivity index (χ1v) is 8.02. The van der Waals surface area contributed by atoms with E-state index in [1.54, 1.807) is 6.07 Å². The molecule has 23 heavy (non-hydrogen) atoms. The second-order valence-electron chi connectivity index (χ2n) is 5.51. The van der Waals surface area contributed by atoms with Crippen LogP contribution in [0.15, 0.2) is 54.7 Å². The van der Waals surface area contributed by atoms with Crippen molar-refractivity contribution in [1.29, 1.82) is 0 Å². The normalized spacial score (nSPS) is 12.3. The standard InChI is InChI=1S/C19H18ClNO2/c1-13(15-6-2-4-8-17(15)20)23-19(22)11-10-14-12-21-18-9-5-3-7-16(14)18/h2-9,12-13,21H,10-11H2,1H3/t13-/m1/s1. The Balaban J connectivity index is 1.61. The molecule has 2 aromatic carbocycles. The molecule has 4 heteroatoms. The highest BCUT2D eigenvalue weighted by Crippen LogP contribution is 2.26. The van der Waals surface area contributed by atoms with Crippen LogP contribution in [0.25, 0.3) is 10.9 Å². The van der Waals surface area contributed by atoms with E-state index < -0.39 is 0 Å². The van der Waals surface area contributed by atoms with Crippen LogP contribution in [-0.2, 0) is 16.0 Å². The van der Waals surface area contributed by atoms with Crippen LogP contribution < -0.4 is 0 Å². The molecule has 0 unspecified atom stereocenters. The number of para-hydroxylation sites is 1. The fraction of sp³-hybridized carbons (Fsp3) is 0.211. The summed E-state index contributed by atoms with van der Waals surface area (Å²) in [7, 11) is 0. The number of carbonyl (C=O) groups excluding carboxylic acids is 1. The molecule has 0 radical (unpaired) electrons. The van der Waals surface area contributed by atoms with E-state index in [2.05, 4.69) is 11.1 Å². The summed E-state index contributed by atoms with van der Waals surface area (Å²) in [5, 5.41) is 1.77. The highest BCUT2D eigenvalue weighted by atomic mass is 35.5. The minimum atomic E-state index is -0.348. The van der Waals surface area contributed by atoms with E-state index in [4.69, 9.17) is 16.3 Å². The van der Waals surface area contributed by atoms with Crippen molar-refractivity contribution in [1.82, 2.24) is 4.98 Å². The molecule has 3 aromatic rings. The maximum Gasteiger partial charge on any atom is 0.306 e. The molecule has 1 atom stereocenters. The molecule has 0 aliphatic rings. The third-order valence-electron chi connectivity index (χ3n) is 3.92. The number of aromatic amines is 1. The Hall–Kier alpha value is -2.26. The van der Waals surface area contributed by atoms with Gasteiger partial charge >= 0.3 is 5.97 Å². The summed E-state index contributed by atoms with van der Waals surface area (Å²) in [5.41, 5.74) is 3.04. The second-order valence-corrected chi connectivity index (χ2v) is 5.92. The minimum absolute atomic E-state index is 0.220. The number of esters is 1. The monoisotopic (exact) mass is 327 g/mol. The third kappa shape index (κ3) is 3.57. The lowest BCUT2D eigenvalue weighted by atomic mass is 10.1. The molecule has 0 spiro atoms. The van der Waals surface area contributed by atoms with Crippen molar-refractivity contribution in [2.45, 2.75) is 25.9 Å². The van der Waals surface area contributed by atoms with Crippen LogP contribution in [0.5, 0.6) is 0 Å². The van der Waals surface area contributed by atoms with Crippen LogP contribution in [0.1, 0.15) is 30.6 Å². The number of ether oxygens (including phenoxy) is 1. The third-order valence-corrected chi connectivity index (χ3v) is 4.27. The summed E-state index contributed by atoms with van der Waals surface area (Å²) in [5.74, 6) is -0.220. The summed E-state index contributed by atoms with van der Waals surface area (Å²) >= 11 is 6.13. The number of benzene rings is 2. The number of hydrogen-bond donors (Lipinski definition) is 1. The highest BCUT2D eigenvalue weighted by Gasteiger charge is 2.15. The number of aromatic nitrogens is 1. The maximum absolute atomic E-state index is 12.1. The van der Waals surface area contributed by atoms with Crippen molar-refractivity contribution in [2.75, 3.05) is 0 Å². The first kappa shape index (κ1) is 15.6. The molecule has 3 rings (SSSR count). The summed E-state index contributed by atoms with van der Waals surface area (Å²) in [6.45, 7) is 1.84. The average Bonchev–Trinajstić information content (AvgIpc) is 2.96. The number of nitrogens with one attached hydrogen (secondary N) is 1. The van der Waals surface area contributed by atoms with Gasteiger partial charge in [0, 0.05) is 34.1 Å². The van der Waals surface area contributed by atoms with E-state index in [0.29, 0.717) is 17.9 Å². The van der Waals surface area contributed by atoms with E-state index in [1.165, 1.54) is 0 Å². The Kier molecular flexibility index (Phi) is 4.68. The quantitative estimate of drug-likeness (QED) is 0.666. The molecule has 0 amide bonds. The number of aryl methyl sites for hydroxylation is 1. The van der Waals surface area contributed by atoms with E-state index in [0.717, 1.165) is 22.0 Å². The zero-order valence-corrected chi connectivity index (χ0v) is 13.6. The number of fused-ring (bicyclic) bond motifs is 1. The Labute approximate surface area is 140 Å². The molecule has 0 bridgehead atoms. The first-order chi connectivity index (χ1) is 11.1. The Morgan fingerprint density at radius 1 is 1.17 bits per heavy atom. The highest BCUT2D eigenvalue weighted by molar-refractivity contribution is 6.31. The van der Waals surface area contributed by atoms with Gasteiger partial charge in [-0.2, -0.15) is 0 Å². The molecule has 1 N–H and O–H groups in total. The molecule has 1 aromatic heterocycles. The minimum Gasteiger partial charge on any atom is -0.458 e. The maximum atomic E-state index is 12.1. The van der Waals surface area contributed by atoms with Crippen LogP contribution in [0.4, 0.5) is 0 Å². The Morgan fingerprint density at radius 3 is 2.74 bits per heavy atom. The molecule has 118 valence electrons. The Bertz CT molecular complexity index is 825. The van der Waals surface area contributed by atoms with Gasteiger partial charge in [0.1, 0.15) is 6.10 Å². The molecule has 0 aliphatic heterocycles. The molecule has 0 saturated carbocycles. The van der Waals surface area contributed by atoms with Gasteiger partial charge in [0.25, 0.3) is 0 Å². The van der Waals surface area contributed by atoms with Gasteiger partial charge in [-0.25, -0.2) is 0 Å². The van der Waals surface area contributed by atoms with Crippen molar-refractivity contribution in [2.24, 2.45) is 0 Å². The predicted octanol–water partition coefficient (Wildman–Crippen LogP) is 5.06. The number of H-pyrrole nitrogens is 1. The lowest BCUT2D eigenvalue weighted by Gasteiger charge is -2.14. The first-order valence-electron chi connectivity index (χ1n) is 7.64. The fourth-order valence-corrected chi connectivity index (χ4v) is 2.99. The smallest absolute Gasteiger partial charge is 0.306 e. The van der Waals surface area contributed by atoms with Gasteiger partial charge in [-0.15, -0.1) is 0 Å². The van der Waals surface area contributed by atoms with Crippen LogP contribution in [0.3, 0.4) is 0 Å². The number of carbonyl (C=O) groups is 1. The predicted molar refractivity (Wildman–Crippen MR) is 92.6 cm³/mol. The molecular formula is C19H18ClNO2. The second kappa shape index (κ2) is 6.88. The van der Waals surface area contributed by atoms with Gasteiger partial charge in [0.15, 0.2) is 0 Å². The van der Waals surface area contributed by atoms with Crippen LogP contribution in [0, 0.1) is 0 Å². The molecular weight excluding hydrogens is 310 g/mol. The van der Waals surface area contributed by atoms with Crippen molar-refractivity contribution >= 4 is 28.5 Å². The number of hydrogen-bond acceptors (Lipinski definition) is 2. The van der Waals surface area contributed by atoms with Gasteiger partial charge in [-0.3, -0.25) is 4.79 Å². The average molecular weight is 328 g/mol. The summed E-state index contributed by atoms with van der Waals surface area (Å²) in [6, 6.07) is 15.5. The van der Waals surface area contributed by atoms with E-state index >= 15 is 0 Å². The topological polar surface area (TPSA) is 42.1 Å². The molecule has 0 fully saturated rings. The largest absolute Gasteiger partial charge is 0.458 e. The zero-order chi connectivity index (χ0) is 16.2. The number of rotatable bonds is 5. The number of halogens is 1.